The van der Waals surface area contributed by atoms with Gasteiger partial charge in [-0.25, -0.2) is 0 Å². The maximum atomic E-state index is 2.60. The van der Waals surface area contributed by atoms with Crippen LogP contribution in [0.15, 0.2) is 6.07 Å². The van der Waals surface area contributed by atoms with E-state index < -0.39 is 0 Å². The summed E-state index contributed by atoms with van der Waals surface area (Å²) in [7, 11) is 2.22. The number of aromatic nitrogens is 1. The van der Waals surface area contributed by atoms with E-state index in [1.54, 1.807) is 0 Å². The number of hydrogen-bond donors (Lipinski definition) is 0. The fourth-order valence-electron chi connectivity index (χ4n) is 3.32. The van der Waals surface area contributed by atoms with Crippen molar-refractivity contribution >= 4 is 0 Å². The standard InChI is InChI=1S/C18H33N3/c1-5-6-7-8-9-21-16(2)14-18(17(21)3)15-20-12-10-19(4)11-13-20/h14H,5-13,15H2,1-4H3. The van der Waals surface area contributed by atoms with E-state index >= 15 is 0 Å². The molecule has 2 rings (SSSR count). The van der Waals surface area contributed by atoms with Crippen LogP contribution in [0.4, 0.5) is 0 Å². The van der Waals surface area contributed by atoms with Gasteiger partial charge in [0.1, 0.15) is 0 Å². The summed E-state index contributed by atoms with van der Waals surface area (Å²) < 4.78 is 2.53. The number of hydrogen-bond acceptors (Lipinski definition) is 2. The van der Waals surface area contributed by atoms with Gasteiger partial charge in [0.25, 0.3) is 0 Å². The van der Waals surface area contributed by atoms with Crippen LogP contribution in [0.1, 0.15) is 49.6 Å². The van der Waals surface area contributed by atoms with Crippen molar-refractivity contribution in [2.45, 2.75) is 59.5 Å². The van der Waals surface area contributed by atoms with Gasteiger partial charge in [-0.15, -0.1) is 0 Å². The van der Waals surface area contributed by atoms with Crippen molar-refractivity contribution in [1.29, 1.82) is 0 Å². The molecule has 0 aromatic carbocycles. The van der Waals surface area contributed by atoms with E-state index in [-0.39, 0.29) is 0 Å². The highest BCUT2D eigenvalue weighted by Crippen LogP contribution is 2.19. The summed E-state index contributed by atoms with van der Waals surface area (Å²) >= 11 is 0. The second-order valence-electron chi connectivity index (χ2n) is 6.69. The summed E-state index contributed by atoms with van der Waals surface area (Å²) in [6, 6.07) is 2.41. The molecule has 1 fully saturated rings. The summed E-state index contributed by atoms with van der Waals surface area (Å²) in [5.74, 6) is 0. The van der Waals surface area contributed by atoms with Crippen molar-refractivity contribution in [1.82, 2.24) is 14.4 Å². The quantitative estimate of drug-likeness (QED) is 0.713. The lowest BCUT2D eigenvalue weighted by Crippen LogP contribution is -2.43. The molecule has 1 aromatic rings. The summed E-state index contributed by atoms with van der Waals surface area (Å²) in [6.45, 7) is 14.0. The third-order valence-corrected chi connectivity index (χ3v) is 4.90. The second kappa shape index (κ2) is 8.00. The largest absolute Gasteiger partial charge is 0.349 e. The average molecular weight is 291 g/mol. The molecule has 0 saturated carbocycles. The Balaban J connectivity index is 1.91. The van der Waals surface area contributed by atoms with Crippen molar-refractivity contribution in [3.8, 4) is 0 Å². The molecule has 1 aliphatic heterocycles. The lowest BCUT2D eigenvalue weighted by atomic mass is 10.2. The zero-order valence-corrected chi connectivity index (χ0v) is 14.5. The Morgan fingerprint density at radius 2 is 1.71 bits per heavy atom. The van der Waals surface area contributed by atoms with Crippen LogP contribution in [0.25, 0.3) is 0 Å². The highest BCUT2D eigenvalue weighted by molar-refractivity contribution is 5.26. The molecule has 120 valence electrons. The summed E-state index contributed by atoms with van der Waals surface area (Å²) in [6.07, 6.45) is 5.37. The number of rotatable bonds is 7. The van der Waals surface area contributed by atoms with Gasteiger partial charge in [-0.2, -0.15) is 0 Å². The molecule has 3 heteroatoms. The van der Waals surface area contributed by atoms with Crippen molar-refractivity contribution in [2.24, 2.45) is 0 Å². The zero-order chi connectivity index (χ0) is 15.2. The monoisotopic (exact) mass is 291 g/mol. The number of likely N-dealkylation sites (N-methyl/N-ethyl adjacent to an activating group) is 1. The Labute approximate surface area is 130 Å². The molecule has 1 aromatic heterocycles. The first-order valence-corrected chi connectivity index (χ1v) is 8.68. The SMILES string of the molecule is CCCCCCn1c(C)cc(CN2CCN(C)CC2)c1C. The van der Waals surface area contributed by atoms with E-state index in [0.29, 0.717) is 0 Å². The third-order valence-electron chi connectivity index (χ3n) is 4.90. The average Bonchev–Trinajstić information content (AvgIpc) is 2.73. The molecule has 0 spiro atoms. The van der Waals surface area contributed by atoms with Crippen molar-refractivity contribution in [3.63, 3.8) is 0 Å². The molecule has 1 aliphatic rings. The normalized spacial score (nSPS) is 17.5. The Morgan fingerprint density at radius 3 is 2.38 bits per heavy atom. The Morgan fingerprint density at radius 1 is 1.00 bits per heavy atom. The molecule has 2 heterocycles. The van der Waals surface area contributed by atoms with E-state index in [9.17, 15) is 0 Å². The Kier molecular flexibility index (Phi) is 6.31. The number of nitrogens with zero attached hydrogens (tertiary/aromatic N) is 3. The van der Waals surface area contributed by atoms with Crippen LogP contribution in [-0.2, 0) is 13.1 Å². The van der Waals surface area contributed by atoms with E-state index in [1.165, 1.54) is 75.4 Å². The molecule has 3 nitrogen and oxygen atoms in total. The molecule has 0 atom stereocenters. The molecule has 0 bridgehead atoms. The zero-order valence-electron chi connectivity index (χ0n) is 14.5. The lowest BCUT2D eigenvalue weighted by molar-refractivity contribution is 0.148. The maximum Gasteiger partial charge on any atom is 0.0252 e. The van der Waals surface area contributed by atoms with Gasteiger partial charge in [0, 0.05) is 50.7 Å². The van der Waals surface area contributed by atoms with Gasteiger partial charge in [-0.05, 0) is 38.9 Å². The predicted octanol–water partition coefficient (Wildman–Crippen LogP) is 3.43. The molecule has 0 amide bonds. The van der Waals surface area contributed by atoms with Gasteiger partial charge in [0.05, 0.1) is 0 Å². The number of unbranched alkanes of at least 4 members (excludes halogenated alkanes) is 3. The van der Waals surface area contributed by atoms with Crippen LogP contribution in [0.5, 0.6) is 0 Å². The Hall–Kier alpha value is -0.800. The van der Waals surface area contributed by atoms with Gasteiger partial charge in [-0.3, -0.25) is 4.90 Å². The summed E-state index contributed by atoms with van der Waals surface area (Å²) in [5.41, 5.74) is 4.46. The van der Waals surface area contributed by atoms with Crippen LogP contribution in [0.2, 0.25) is 0 Å². The second-order valence-corrected chi connectivity index (χ2v) is 6.69. The van der Waals surface area contributed by atoms with Gasteiger partial charge in [0.2, 0.25) is 0 Å². The maximum absolute atomic E-state index is 2.60. The topological polar surface area (TPSA) is 11.4 Å². The molecule has 21 heavy (non-hydrogen) atoms. The van der Waals surface area contributed by atoms with Crippen LogP contribution in [0, 0.1) is 13.8 Å². The molecular formula is C18H33N3. The molecule has 0 N–H and O–H groups in total. The van der Waals surface area contributed by atoms with E-state index in [2.05, 4.69) is 48.3 Å². The van der Waals surface area contributed by atoms with Crippen LogP contribution < -0.4 is 0 Å². The van der Waals surface area contributed by atoms with Crippen molar-refractivity contribution in [3.05, 3.63) is 23.0 Å². The predicted molar refractivity (Wildman–Crippen MR) is 90.8 cm³/mol. The van der Waals surface area contributed by atoms with Crippen LogP contribution in [0.3, 0.4) is 0 Å². The minimum atomic E-state index is 1.13. The molecule has 0 radical (unpaired) electrons. The highest BCUT2D eigenvalue weighted by atomic mass is 15.2. The molecular weight excluding hydrogens is 258 g/mol. The van der Waals surface area contributed by atoms with Gasteiger partial charge >= 0.3 is 0 Å². The van der Waals surface area contributed by atoms with Crippen LogP contribution in [-0.4, -0.2) is 47.6 Å². The fourth-order valence-corrected chi connectivity index (χ4v) is 3.32. The van der Waals surface area contributed by atoms with Gasteiger partial charge in [-0.1, -0.05) is 26.2 Å². The van der Waals surface area contributed by atoms with E-state index in [4.69, 9.17) is 0 Å². The first-order chi connectivity index (χ1) is 10.1. The fraction of sp³-hybridized carbons (Fsp3) is 0.778. The molecule has 0 aliphatic carbocycles. The third kappa shape index (κ3) is 4.58. The minimum absolute atomic E-state index is 1.13. The smallest absolute Gasteiger partial charge is 0.0252 e. The number of aryl methyl sites for hydroxylation is 1. The van der Waals surface area contributed by atoms with Crippen LogP contribution >= 0.6 is 0 Å². The number of piperazine rings is 1. The lowest BCUT2D eigenvalue weighted by Gasteiger charge is -2.32. The summed E-state index contributed by atoms with van der Waals surface area (Å²) in [5, 5.41) is 0. The van der Waals surface area contributed by atoms with E-state index in [0.717, 1.165) is 6.54 Å². The highest BCUT2D eigenvalue weighted by Gasteiger charge is 2.16. The van der Waals surface area contributed by atoms with Crippen molar-refractivity contribution in [2.75, 3.05) is 33.2 Å². The van der Waals surface area contributed by atoms with Gasteiger partial charge in [0.15, 0.2) is 0 Å². The van der Waals surface area contributed by atoms with Gasteiger partial charge < -0.3 is 9.47 Å². The first kappa shape index (κ1) is 16.6. The molecule has 1 saturated heterocycles. The van der Waals surface area contributed by atoms with Crippen molar-refractivity contribution < 1.29 is 0 Å². The minimum Gasteiger partial charge on any atom is -0.349 e. The van der Waals surface area contributed by atoms with E-state index in [1.807, 2.05) is 0 Å². The Bertz CT molecular complexity index is 428. The first-order valence-electron chi connectivity index (χ1n) is 8.68. The summed E-state index contributed by atoms with van der Waals surface area (Å²) in [4.78, 5) is 5.02. The molecule has 0 unspecified atom stereocenters.